The van der Waals surface area contributed by atoms with Gasteiger partial charge in [-0.3, -0.25) is 0 Å². The maximum atomic E-state index is 3.65. The van der Waals surface area contributed by atoms with Gasteiger partial charge in [-0.15, -0.1) is 0 Å². The Bertz CT molecular complexity index is 319. The highest BCUT2D eigenvalue weighted by molar-refractivity contribution is 7.99. The summed E-state index contributed by atoms with van der Waals surface area (Å²) in [6.45, 7) is 4.70. The lowest BCUT2D eigenvalue weighted by Gasteiger charge is -2.22. The van der Waals surface area contributed by atoms with Crippen molar-refractivity contribution in [3.63, 3.8) is 0 Å². The fourth-order valence-electron chi connectivity index (χ4n) is 2.52. The van der Waals surface area contributed by atoms with Gasteiger partial charge in [0.2, 0.25) is 0 Å². The largest absolute Gasteiger partial charge is 0.316 e. The number of benzene rings is 1. The SMILES string of the molecule is CC(CCNCC1CCSCC1)c1ccccc1. The van der Waals surface area contributed by atoms with Gasteiger partial charge in [-0.25, -0.2) is 0 Å². The molecule has 0 spiro atoms. The Kier molecular flexibility index (Phi) is 6.09. The molecule has 1 N–H and O–H groups in total. The first kappa shape index (κ1) is 14.0. The Morgan fingerprint density at radius 1 is 1.22 bits per heavy atom. The van der Waals surface area contributed by atoms with E-state index >= 15 is 0 Å². The molecule has 1 unspecified atom stereocenters. The second kappa shape index (κ2) is 7.85. The van der Waals surface area contributed by atoms with Gasteiger partial charge in [0.25, 0.3) is 0 Å². The number of thioether (sulfide) groups is 1. The van der Waals surface area contributed by atoms with Crippen LogP contribution in [0.2, 0.25) is 0 Å². The fraction of sp³-hybridized carbons (Fsp3) is 0.625. The van der Waals surface area contributed by atoms with Crippen LogP contribution in [-0.2, 0) is 0 Å². The van der Waals surface area contributed by atoms with Crippen LogP contribution in [0.4, 0.5) is 0 Å². The van der Waals surface area contributed by atoms with Crippen LogP contribution >= 0.6 is 11.8 Å². The molecule has 0 aliphatic carbocycles. The van der Waals surface area contributed by atoms with Crippen molar-refractivity contribution in [2.24, 2.45) is 5.92 Å². The van der Waals surface area contributed by atoms with Gasteiger partial charge in [0.1, 0.15) is 0 Å². The molecule has 0 aromatic heterocycles. The van der Waals surface area contributed by atoms with Crippen molar-refractivity contribution in [3.05, 3.63) is 35.9 Å². The first-order chi connectivity index (χ1) is 8.86. The standard InChI is InChI=1S/C16H25NS/c1-14(16-5-3-2-4-6-16)7-10-17-13-15-8-11-18-12-9-15/h2-6,14-15,17H,7-13H2,1H3. The summed E-state index contributed by atoms with van der Waals surface area (Å²) in [6.07, 6.45) is 4.06. The van der Waals surface area contributed by atoms with Gasteiger partial charge < -0.3 is 5.32 Å². The Hall–Kier alpha value is -0.470. The lowest BCUT2D eigenvalue weighted by atomic mass is 9.97. The minimum atomic E-state index is 0.667. The van der Waals surface area contributed by atoms with Crippen LogP contribution in [0.1, 0.15) is 37.7 Å². The summed E-state index contributed by atoms with van der Waals surface area (Å²) in [5.41, 5.74) is 1.47. The average molecular weight is 263 g/mol. The Labute approximate surface area is 116 Å². The smallest absolute Gasteiger partial charge is 0.00199 e. The van der Waals surface area contributed by atoms with E-state index in [0.717, 1.165) is 12.5 Å². The molecule has 0 saturated carbocycles. The maximum Gasteiger partial charge on any atom is -0.00199 e. The molecule has 1 saturated heterocycles. The highest BCUT2D eigenvalue weighted by atomic mass is 32.2. The van der Waals surface area contributed by atoms with Crippen molar-refractivity contribution in [2.75, 3.05) is 24.6 Å². The summed E-state index contributed by atoms with van der Waals surface area (Å²) in [7, 11) is 0. The van der Waals surface area contributed by atoms with Crippen LogP contribution < -0.4 is 5.32 Å². The van der Waals surface area contributed by atoms with E-state index in [-0.39, 0.29) is 0 Å². The summed E-state index contributed by atoms with van der Waals surface area (Å²) in [5.74, 6) is 4.33. The summed E-state index contributed by atoms with van der Waals surface area (Å²) in [4.78, 5) is 0. The van der Waals surface area contributed by atoms with E-state index in [9.17, 15) is 0 Å². The average Bonchev–Trinajstić information content (AvgIpc) is 2.45. The van der Waals surface area contributed by atoms with Crippen LogP contribution in [0, 0.1) is 5.92 Å². The lowest BCUT2D eigenvalue weighted by molar-refractivity contribution is 0.441. The van der Waals surface area contributed by atoms with Crippen molar-refractivity contribution >= 4 is 11.8 Å². The van der Waals surface area contributed by atoms with Gasteiger partial charge in [0.15, 0.2) is 0 Å². The summed E-state index contributed by atoms with van der Waals surface area (Å²) in [5, 5.41) is 3.65. The number of nitrogens with one attached hydrogen (secondary N) is 1. The molecule has 1 aromatic carbocycles. The van der Waals surface area contributed by atoms with Crippen LogP contribution in [0.5, 0.6) is 0 Å². The first-order valence-electron chi connectivity index (χ1n) is 7.19. The van der Waals surface area contributed by atoms with E-state index < -0.39 is 0 Å². The monoisotopic (exact) mass is 263 g/mol. The van der Waals surface area contributed by atoms with Gasteiger partial charge in [0, 0.05) is 0 Å². The molecule has 1 aliphatic heterocycles. The zero-order valence-corrected chi connectivity index (χ0v) is 12.2. The van der Waals surface area contributed by atoms with Crippen molar-refractivity contribution in [1.29, 1.82) is 0 Å². The van der Waals surface area contributed by atoms with Crippen LogP contribution in [0.15, 0.2) is 30.3 Å². The molecule has 1 nitrogen and oxygen atoms in total. The van der Waals surface area contributed by atoms with Crippen molar-refractivity contribution in [3.8, 4) is 0 Å². The molecule has 100 valence electrons. The highest BCUT2D eigenvalue weighted by Crippen LogP contribution is 2.22. The normalized spacial score (nSPS) is 18.7. The van der Waals surface area contributed by atoms with Gasteiger partial charge >= 0.3 is 0 Å². The van der Waals surface area contributed by atoms with E-state index in [0.29, 0.717) is 5.92 Å². The third kappa shape index (κ3) is 4.66. The molecular weight excluding hydrogens is 238 g/mol. The van der Waals surface area contributed by atoms with E-state index in [1.54, 1.807) is 0 Å². The van der Waals surface area contributed by atoms with Gasteiger partial charge in [-0.2, -0.15) is 11.8 Å². The fourth-order valence-corrected chi connectivity index (χ4v) is 3.73. The minimum absolute atomic E-state index is 0.667. The molecule has 2 rings (SSSR count). The summed E-state index contributed by atoms with van der Waals surface area (Å²) < 4.78 is 0. The summed E-state index contributed by atoms with van der Waals surface area (Å²) >= 11 is 2.11. The predicted octanol–water partition coefficient (Wildman–Crippen LogP) is 3.91. The van der Waals surface area contributed by atoms with E-state index in [1.807, 2.05) is 0 Å². The number of rotatable bonds is 6. The van der Waals surface area contributed by atoms with Gasteiger partial charge in [-0.1, -0.05) is 37.3 Å². The molecule has 1 aromatic rings. The molecular formula is C16H25NS. The quantitative estimate of drug-likeness (QED) is 0.781. The molecule has 1 fully saturated rings. The zero-order chi connectivity index (χ0) is 12.6. The molecule has 0 bridgehead atoms. The second-order valence-electron chi connectivity index (χ2n) is 5.36. The molecule has 1 heterocycles. The predicted molar refractivity (Wildman–Crippen MR) is 82.4 cm³/mol. The highest BCUT2D eigenvalue weighted by Gasteiger charge is 2.13. The van der Waals surface area contributed by atoms with E-state index in [4.69, 9.17) is 0 Å². The Balaban J connectivity index is 1.60. The molecule has 18 heavy (non-hydrogen) atoms. The Morgan fingerprint density at radius 3 is 2.67 bits per heavy atom. The van der Waals surface area contributed by atoms with Crippen LogP contribution in [-0.4, -0.2) is 24.6 Å². The molecule has 0 amide bonds. The molecule has 0 radical (unpaired) electrons. The second-order valence-corrected chi connectivity index (χ2v) is 6.59. The lowest BCUT2D eigenvalue weighted by Crippen LogP contribution is -2.27. The third-order valence-corrected chi connectivity index (χ3v) is 4.95. The Morgan fingerprint density at radius 2 is 1.94 bits per heavy atom. The third-order valence-electron chi connectivity index (χ3n) is 3.90. The van der Waals surface area contributed by atoms with Gasteiger partial charge in [0.05, 0.1) is 0 Å². The van der Waals surface area contributed by atoms with Crippen molar-refractivity contribution in [2.45, 2.75) is 32.1 Å². The molecule has 2 heteroatoms. The number of hydrogen-bond acceptors (Lipinski definition) is 2. The van der Waals surface area contributed by atoms with Crippen molar-refractivity contribution in [1.82, 2.24) is 5.32 Å². The van der Waals surface area contributed by atoms with Crippen LogP contribution in [0.25, 0.3) is 0 Å². The van der Waals surface area contributed by atoms with E-state index in [1.165, 1.54) is 42.9 Å². The molecule has 1 atom stereocenters. The minimum Gasteiger partial charge on any atom is -0.316 e. The topological polar surface area (TPSA) is 12.0 Å². The first-order valence-corrected chi connectivity index (χ1v) is 8.35. The number of hydrogen-bond donors (Lipinski definition) is 1. The van der Waals surface area contributed by atoms with Crippen molar-refractivity contribution < 1.29 is 0 Å². The van der Waals surface area contributed by atoms with Crippen LogP contribution in [0.3, 0.4) is 0 Å². The zero-order valence-electron chi connectivity index (χ0n) is 11.4. The summed E-state index contributed by atoms with van der Waals surface area (Å²) in [6, 6.07) is 10.8. The van der Waals surface area contributed by atoms with E-state index in [2.05, 4.69) is 54.3 Å². The maximum absolute atomic E-state index is 3.65. The van der Waals surface area contributed by atoms with Gasteiger partial charge in [-0.05, 0) is 61.3 Å². The molecule has 1 aliphatic rings.